The molecule has 0 radical (unpaired) electrons. The molecular formula is C14H18N4OS. The van der Waals surface area contributed by atoms with E-state index < -0.39 is 0 Å². The molecule has 6 heteroatoms. The first kappa shape index (κ1) is 14.5. The molecule has 2 N–H and O–H groups in total. The highest BCUT2D eigenvalue weighted by Gasteiger charge is 2.09. The number of anilines is 1. The van der Waals surface area contributed by atoms with Gasteiger partial charge in [0.15, 0.2) is 0 Å². The monoisotopic (exact) mass is 290 g/mol. The van der Waals surface area contributed by atoms with Crippen molar-refractivity contribution in [3.8, 4) is 0 Å². The Kier molecular flexibility index (Phi) is 4.68. The van der Waals surface area contributed by atoms with Gasteiger partial charge in [-0.3, -0.25) is 4.79 Å². The average molecular weight is 290 g/mol. The molecule has 0 atom stereocenters. The lowest BCUT2D eigenvalue weighted by atomic mass is 10.3. The van der Waals surface area contributed by atoms with Crippen molar-refractivity contribution in [1.82, 2.24) is 15.3 Å². The van der Waals surface area contributed by atoms with Gasteiger partial charge in [0, 0.05) is 16.3 Å². The van der Waals surface area contributed by atoms with Gasteiger partial charge in [-0.25, -0.2) is 9.97 Å². The minimum absolute atomic E-state index is 0.204. The molecule has 0 saturated carbocycles. The van der Waals surface area contributed by atoms with Crippen LogP contribution in [0.1, 0.15) is 32.7 Å². The molecule has 0 aliphatic rings. The number of nitrogens with one attached hydrogen (secondary N) is 2. The number of carbonyl (C=O) groups excluding carboxylic acids is 1. The molecule has 1 amide bonds. The van der Waals surface area contributed by atoms with Crippen LogP contribution in [-0.4, -0.2) is 22.4 Å². The van der Waals surface area contributed by atoms with Gasteiger partial charge >= 0.3 is 0 Å². The fraction of sp³-hybridized carbons (Fsp3) is 0.357. The van der Waals surface area contributed by atoms with E-state index in [0.29, 0.717) is 18.1 Å². The summed E-state index contributed by atoms with van der Waals surface area (Å²) >= 11 is 1.70. The van der Waals surface area contributed by atoms with E-state index in [0.717, 1.165) is 11.4 Å². The maximum absolute atomic E-state index is 11.9. The van der Waals surface area contributed by atoms with Gasteiger partial charge in [0.2, 0.25) is 0 Å². The van der Waals surface area contributed by atoms with Gasteiger partial charge < -0.3 is 10.6 Å². The van der Waals surface area contributed by atoms with Crippen molar-refractivity contribution in [3.05, 3.63) is 39.5 Å². The lowest BCUT2D eigenvalue weighted by Crippen LogP contribution is -2.23. The molecule has 2 rings (SSSR count). The van der Waals surface area contributed by atoms with E-state index in [1.165, 1.54) is 16.6 Å². The van der Waals surface area contributed by atoms with E-state index in [4.69, 9.17) is 0 Å². The first-order valence-electron chi connectivity index (χ1n) is 6.50. The van der Waals surface area contributed by atoms with Crippen molar-refractivity contribution >= 4 is 23.1 Å². The molecule has 0 saturated heterocycles. The number of carbonyl (C=O) groups is 1. The predicted molar refractivity (Wildman–Crippen MR) is 81.2 cm³/mol. The standard InChI is InChI=1S/C14H18N4OS/c1-4-15-13-8-16-12(7-17-13)14(19)18-6-11-5-9(2)10(3)20-11/h5,7-8H,4,6H2,1-3H3,(H,15,17)(H,18,19). The quantitative estimate of drug-likeness (QED) is 0.888. The number of amides is 1. The van der Waals surface area contributed by atoms with Crippen LogP contribution < -0.4 is 10.6 Å². The number of aryl methyl sites for hydroxylation is 2. The molecule has 20 heavy (non-hydrogen) atoms. The van der Waals surface area contributed by atoms with E-state index in [2.05, 4.69) is 40.5 Å². The maximum atomic E-state index is 11.9. The summed E-state index contributed by atoms with van der Waals surface area (Å²) in [6.45, 7) is 7.43. The van der Waals surface area contributed by atoms with Crippen LogP contribution in [0.15, 0.2) is 18.5 Å². The zero-order valence-corrected chi connectivity index (χ0v) is 12.7. The molecule has 0 aliphatic carbocycles. The second-order valence-electron chi connectivity index (χ2n) is 4.45. The minimum Gasteiger partial charge on any atom is -0.369 e. The van der Waals surface area contributed by atoms with Crippen LogP contribution in [0.4, 0.5) is 5.82 Å². The largest absolute Gasteiger partial charge is 0.369 e. The van der Waals surface area contributed by atoms with E-state index in [-0.39, 0.29) is 5.91 Å². The molecule has 0 aromatic carbocycles. The summed E-state index contributed by atoms with van der Waals surface area (Å²) in [6.07, 6.45) is 3.05. The van der Waals surface area contributed by atoms with Crippen molar-refractivity contribution in [2.75, 3.05) is 11.9 Å². The van der Waals surface area contributed by atoms with Gasteiger partial charge in [0.1, 0.15) is 11.5 Å². The number of aromatic nitrogens is 2. The third kappa shape index (κ3) is 3.54. The van der Waals surface area contributed by atoms with Crippen LogP contribution in [0.2, 0.25) is 0 Å². The summed E-state index contributed by atoms with van der Waals surface area (Å²) in [4.78, 5) is 22.6. The van der Waals surface area contributed by atoms with Crippen molar-refractivity contribution in [3.63, 3.8) is 0 Å². The lowest BCUT2D eigenvalue weighted by molar-refractivity contribution is 0.0946. The molecule has 2 heterocycles. The summed E-state index contributed by atoms with van der Waals surface area (Å²) in [6, 6.07) is 2.10. The summed E-state index contributed by atoms with van der Waals surface area (Å²) < 4.78 is 0. The van der Waals surface area contributed by atoms with Gasteiger partial charge in [-0.1, -0.05) is 0 Å². The SMILES string of the molecule is CCNc1cnc(C(=O)NCc2cc(C)c(C)s2)cn1. The number of nitrogens with zero attached hydrogens (tertiary/aromatic N) is 2. The molecule has 0 spiro atoms. The van der Waals surface area contributed by atoms with Crippen LogP contribution >= 0.6 is 11.3 Å². The normalized spacial score (nSPS) is 10.3. The minimum atomic E-state index is -0.204. The zero-order chi connectivity index (χ0) is 14.5. The van der Waals surface area contributed by atoms with Gasteiger partial charge in [0.05, 0.1) is 18.9 Å². The Labute approximate surface area is 122 Å². The number of hydrogen-bond acceptors (Lipinski definition) is 5. The summed E-state index contributed by atoms with van der Waals surface area (Å²) in [5.41, 5.74) is 1.59. The Bertz CT molecular complexity index is 572. The fourth-order valence-corrected chi connectivity index (χ4v) is 2.71. The predicted octanol–water partition coefficient (Wildman–Crippen LogP) is 2.52. The molecule has 0 aliphatic heterocycles. The molecule has 0 unspecified atom stereocenters. The van der Waals surface area contributed by atoms with Gasteiger partial charge in [-0.05, 0) is 32.4 Å². The van der Waals surface area contributed by atoms with E-state index in [1.54, 1.807) is 17.5 Å². The smallest absolute Gasteiger partial charge is 0.271 e. The maximum Gasteiger partial charge on any atom is 0.271 e. The summed E-state index contributed by atoms with van der Waals surface area (Å²) in [7, 11) is 0. The topological polar surface area (TPSA) is 66.9 Å². The average Bonchev–Trinajstić information content (AvgIpc) is 2.76. The van der Waals surface area contributed by atoms with Gasteiger partial charge in [-0.15, -0.1) is 11.3 Å². The van der Waals surface area contributed by atoms with E-state index >= 15 is 0 Å². The molecule has 0 fully saturated rings. The van der Waals surface area contributed by atoms with Crippen LogP contribution in [0.5, 0.6) is 0 Å². The van der Waals surface area contributed by atoms with Gasteiger partial charge in [-0.2, -0.15) is 0 Å². The van der Waals surface area contributed by atoms with Crippen molar-refractivity contribution in [2.24, 2.45) is 0 Å². The highest BCUT2D eigenvalue weighted by Crippen LogP contribution is 2.20. The molecule has 0 bridgehead atoms. The zero-order valence-electron chi connectivity index (χ0n) is 11.9. The van der Waals surface area contributed by atoms with Crippen LogP contribution in [0.3, 0.4) is 0 Å². The number of thiophene rings is 1. The highest BCUT2D eigenvalue weighted by atomic mass is 32.1. The number of hydrogen-bond donors (Lipinski definition) is 2. The van der Waals surface area contributed by atoms with Crippen LogP contribution in [-0.2, 0) is 6.54 Å². The van der Waals surface area contributed by atoms with E-state index in [9.17, 15) is 4.79 Å². The fourth-order valence-electron chi connectivity index (χ4n) is 1.71. The lowest BCUT2D eigenvalue weighted by Gasteiger charge is -2.04. The third-order valence-corrected chi connectivity index (χ3v) is 4.04. The van der Waals surface area contributed by atoms with Crippen LogP contribution in [0.25, 0.3) is 0 Å². The summed E-state index contributed by atoms with van der Waals surface area (Å²) in [5, 5.41) is 5.89. The first-order chi connectivity index (χ1) is 9.60. The second-order valence-corrected chi connectivity index (χ2v) is 5.79. The molecular weight excluding hydrogens is 272 g/mol. The highest BCUT2D eigenvalue weighted by molar-refractivity contribution is 7.12. The Morgan fingerprint density at radius 2 is 2.10 bits per heavy atom. The number of rotatable bonds is 5. The molecule has 106 valence electrons. The molecule has 2 aromatic heterocycles. The third-order valence-electron chi connectivity index (χ3n) is 2.88. The second kappa shape index (κ2) is 6.47. The van der Waals surface area contributed by atoms with Crippen molar-refractivity contribution in [1.29, 1.82) is 0 Å². The summed E-state index contributed by atoms with van der Waals surface area (Å²) in [5.74, 6) is 0.470. The molecule has 5 nitrogen and oxygen atoms in total. The van der Waals surface area contributed by atoms with Crippen molar-refractivity contribution < 1.29 is 4.79 Å². The van der Waals surface area contributed by atoms with Crippen LogP contribution in [0, 0.1) is 13.8 Å². The Morgan fingerprint density at radius 1 is 1.30 bits per heavy atom. The van der Waals surface area contributed by atoms with E-state index in [1.807, 2.05) is 6.92 Å². The Morgan fingerprint density at radius 3 is 2.65 bits per heavy atom. The first-order valence-corrected chi connectivity index (χ1v) is 7.31. The molecule has 2 aromatic rings. The Balaban J connectivity index is 1.94. The van der Waals surface area contributed by atoms with Gasteiger partial charge in [0.25, 0.3) is 5.91 Å². The van der Waals surface area contributed by atoms with Crippen molar-refractivity contribution in [2.45, 2.75) is 27.3 Å². The Hall–Kier alpha value is -1.95.